The highest BCUT2D eigenvalue weighted by Crippen LogP contribution is 2.45. The molecule has 0 amide bonds. The third kappa shape index (κ3) is 2.41. The summed E-state index contributed by atoms with van der Waals surface area (Å²) in [5.41, 5.74) is 1.83. The smallest absolute Gasteiger partial charge is 0.395 e. The minimum Gasteiger partial charge on any atom is -0.395 e. The quantitative estimate of drug-likeness (QED) is 0.687. The summed E-state index contributed by atoms with van der Waals surface area (Å²) in [5, 5.41) is 3.26. The maximum Gasteiger partial charge on any atom is 0.586 e. The lowest BCUT2D eigenvalue weighted by atomic mass is 10.1. The molecule has 1 aliphatic heterocycles. The molecule has 0 atom stereocenters. The van der Waals surface area contributed by atoms with Gasteiger partial charge in [-0.25, -0.2) is 9.97 Å². The summed E-state index contributed by atoms with van der Waals surface area (Å²) in [4.78, 5) is 8.96. The van der Waals surface area contributed by atoms with Crippen LogP contribution >= 0.6 is 11.3 Å². The molecule has 0 spiro atoms. The number of hydrogen-bond donors (Lipinski definition) is 0. The van der Waals surface area contributed by atoms with Gasteiger partial charge in [-0.15, -0.1) is 20.1 Å². The van der Waals surface area contributed by atoms with Crippen LogP contribution in [0.3, 0.4) is 0 Å². The second-order valence-electron chi connectivity index (χ2n) is 5.47. The highest BCUT2D eigenvalue weighted by atomic mass is 32.1. The van der Waals surface area contributed by atoms with Crippen molar-refractivity contribution in [2.45, 2.75) is 26.1 Å². The highest BCUT2D eigenvalue weighted by Gasteiger charge is 2.44. The zero-order valence-corrected chi connectivity index (χ0v) is 13.1. The highest BCUT2D eigenvalue weighted by molar-refractivity contribution is 7.13. The fourth-order valence-electron chi connectivity index (χ4n) is 2.30. The van der Waals surface area contributed by atoms with E-state index in [1.165, 1.54) is 17.4 Å². The SMILES string of the molecule is CC(C)c1csc(-c2c[c]c3ccc4c(c3n2)OC(F)(F)O4)n1. The molecule has 0 N–H and O–H groups in total. The molecular formula is C16H11F2N2O2S. The summed E-state index contributed by atoms with van der Waals surface area (Å²) in [6.07, 6.45) is -3.67. The Bertz CT molecular complexity index is 908. The van der Waals surface area contributed by atoms with E-state index in [-0.39, 0.29) is 11.5 Å². The number of thiazole rings is 1. The molecule has 0 saturated heterocycles. The number of hydrogen-bond acceptors (Lipinski definition) is 5. The van der Waals surface area contributed by atoms with Crippen molar-refractivity contribution in [2.75, 3.05) is 0 Å². The first-order valence-electron chi connectivity index (χ1n) is 7.00. The summed E-state index contributed by atoms with van der Waals surface area (Å²) in [7, 11) is 0. The fourth-order valence-corrected chi connectivity index (χ4v) is 3.24. The summed E-state index contributed by atoms with van der Waals surface area (Å²) >= 11 is 1.46. The van der Waals surface area contributed by atoms with Crippen molar-refractivity contribution in [1.29, 1.82) is 0 Å². The van der Waals surface area contributed by atoms with E-state index in [1.54, 1.807) is 12.1 Å². The standard InChI is InChI=1S/C16H11F2N2O2S/c1-8(2)11-7-23-15(20-11)10-5-3-9-4-6-12-14(13(9)19-10)22-16(17,18)21-12/h4-8H,1-2H3. The summed E-state index contributed by atoms with van der Waals surface area (Å²) in [6.45, 7) is 4.11. The van der Waals surface area contributed by atoms with Crippen LogP contribution in [-0.4, -0.2) is 16.3 Å². The fraction of sp³-hybridized carbons (Fsp3) is 0.250. The van der Waals surface area contributed by atoms with E-state index >= 15 is 0 Å². The Morgan fingerprint density at radius 3 is 2.78 bits per heavy atom. The molecule has 1 aromatic carbocycles. The molecule has 3 heterocycles. The maximum absolute atomic E-state index is 13.3. The molecule has 1 aliphatic rings. The number of nitrogens with zero attached hydrogens (tertiary/aromatic N) is 2. The Morgan fingerprint density at radius 2 is 2.04 bits per heavy atom. The lowest BCUT2D eigenvalue weighted by Gasteiger charge is -2.05. The molecule has 4 nitrogen and oxygen atoms in total. The van der Waals surface area contributed by atoms with Gasteiger partial charge in [-0.2, -0.15) is 0 Å². The Morgan fingerprint density at radius 1 is 1.22 bits per heavy atom. The molecular weight excluding hydrogens is 322 g/mol. The zero-order chi connectivity index (χ0) is 16.2. The van der Waals surface area contributed by atoms with Gasteiger partial charge in [0.15, 0.2) is 11.5 Å². The van der Waals surface area contributed by atoms with Crippen LogP contribution < -0.4 is 9.47 Å². The molecule has 7 heteroatoms. The van der Waals surface area contributed by atoms with Gasteiger partial charge < -0.3 is 9.47 Å². The van der Waals surface area contributed by atoms with Gasteiger partial charge in [0.1, 0.15) is 16.2 Å². The lowest BCUT2D eigenvalue weighted by molar-refractivity contribution is -0.286. The normalized spacial score (nSPS) is 15.5. The van der Waals surface area contributed by atoms with E-state index in [9.17, 15) is 8.78 Å². The van der Waals surface area contributed by atoms with E-state index in [0.717, 1.165) is 10.7 Å². The molecule has 23 heavy (non-hydrogen) atoms. The van der Waals surface area contributed by atoms with Crippen molar-refractivity contribution in [3.05, 3.63) is 35.3 Å². The maximum atomic E-state index is 13.3. The minimum atomic E-state index is -3.67. The number of aromatic nitrogens is 2. The van der Waals surface area contributed by atoms with Crippen LogP contribution in [0.4, 0.5) is 8.78 Å². The van der Waals surface area contributed by atoms with Gasteiger partial charge in [-0.3, -0.25) is 0 Å². The van der Waals surface area contributed by atoms with Crippen LogP contribution in [0.1, 0.15) is 25.5 Å². The van der Waals surface area contributed by atoms with Crippen LogP contribution in [0.15, 0.2) is 23.6 Å². The topological polar surface area (TPSA) is 44.2 Å². The van der Waals surface area contributed by atoms with Crippen LogP contribution in [0.25, 0.3) is 21.6 Å². The summed E-state index contributed by atoms with van der Waals surface area (Å²) in [5.74, 6) is 0.220. The largest absolute Gasteiger partial charge is 0.586 e. The Labute approximate surface area is 134 Å². The summed E-state index contributed by atoms with van der Waals surface area (Å²) in [6, 6.07) is 7.79. The van der Waals surface area contributed by atoms with Crippen molar-refractivity contribution in [1.82, 2.24) is 9.97 Å². The minimum absolute atomic E-state index is 0.0254. The van der Waals surface area contributed by atoms with Crippen molar-refractivity contribution in [3.63, 3.8) is 0 Å². The number of pyridine rings is 1. The van der Waals surface area contributed by atoms with Gasteiger partial charge in [0.05, 0.1) is 5.69 Å². The molecule has 117 valence electrons. The molecule has 0 unspecified atom stereocenters. The van der Waals surface area contributed by atoms with Gasteiger partial charge in [-0.05, 0) is 30.2 Å². The number of benzene rings is 1. The molecule has 0 bridgehead atoms. The molecule has 2 aromatic heterocycles. The van der Waals surface area contributed by atoms with E-state index in [2.05, 4.69) is 39.4 Å². The third-order valence-electron chi connectivity index (χ3n) is 3.47. The lowest BCUT2D eigenvalue weighted by Crippen LogP contribution is -2.26. The van der Waals surface area contributed by atoms with Crippen molar-refractivity contribution < 1.29 is 18.3 Å². The third-order valence-corrected chi connectivity index (χ3v) is 4.36. The summed E-state index contributed by atoms with van der Waals surface area (Å²) < 4.78 is 35.6. The average Bonchev–Trinajstić information content (AvgIpc) is 3.09. The van der Waals surface area contributed by atoms with E-state index in [4.69, 9.17) is 0 Å². The molecule has 0 fully saturated rings. The molecule has 4 rings (SSSR count). The van der Waals surface area contributed by atoms with Crippen LogP contribution in [0.2, 0.25) is 0 Å². The first-order valence-corrected chi connectivity index (χ1v) is 7.88. The van der Waals surface area contributed by atoms with E-state index < -0.39 is 6.29 Å². The first kappa shape index (κ1) is 14.3. The second kappa shape index (κ2) is 4.86. The zero-order valence-electron chi connectivity index (χ0n) is 12.3. The van der Waals surface area contributed by atoms with E-state index in [0.29, 0.717) is 22.5 Å². The van der Waals surface area contributed by atoms with Gasteiger partial charge in [0, 0.05) is 10.8 Å². The van der Waals surface area contributed by atoms with Crippen molar-refractivity contribution in [2.24, 2.45) is 0 Å². The molecule has 1 radical (unpaired) electrons. The van der Waals surface area contributed by atoms with Gasteiger partial charge in [0.2, 0.25) is 0 Å². The van der Waals surface area contributed by atoms with Gasteiger partial charge in [0.25, 0.3) is 0 Å². The number of fused-ring (bicyclic) bond motifs is 3. The predicted molar refractivity (Wildman–Crippen MR) is 82.0 cm³/mol. The molecule has 0 aliphatic carbocycles. The number of ether oxygens (including phenoxy) is 2. The van der Waals surface area contributed by atoms with Crippen molar-refractivity contribution >= 4 is 22.2 Å². The van der Waals surface area contributed by atoms with Gasteiger partial charge in [-0.1, -0.05) is 13.8 Å². The predicted octanol–water partition coefficient (Wildman–Crippen LogP) is 4.60. The monoisotopic (exact) mass is 333 g/mol. The van der Waals surface area contributed by atoms with Gasteiger partial charge >= 0.3 is 6.29 Å². The second-order valence-corrected chi connectivity index (χ2v) is 6.33. The van der Waals surface area contributed by atoms with Crippen molar-refractivity contribution in [3.8, 4) is 22.2 Å². The molecule has 0 saturated carbocycles. The van der Waals surface area contributed by atoms with Crippen LogP contribution in [0.5, 0.6) is 11.5 Å². The Kier molecular flexibility index (Phi) is 3.02. The van der Waals surface area contributed by atoms with E-state index in [1.807, 2.05) is 5.38 Å². The number of halogens is 2. The number of alkyl halides is 2. The average molecular weight is 333 g/mol. The van der Waals surface area contributed by atoms with Crippen LogP contribution in [-0.2, 0) is 0 Å². The Hall–Kier alpha value is -2.28. The molecule has 3 aromatic rings. The first-order chi connectivity index (χ1) is 10.9. The number of rotatable bonds is 2. The van der Waals surface area contributed by atoms with Crippen LogP contribution in [0, 0.1) is 6.07 Å². The Balaban J connectivity index is 1.84.